The number of amides is 2. The van der Waals surface area contributed by atoms with Crippen LogP contribution in [0.15, 0.2) is 30.3 Å². The number of hydrogen-bond acceptors (Lipinski definition) is 2. The van der Waals surface area contributed by atoms with E-state index in [1.54, 1.807) is 4.90 Å². The van der Waals surface area contributed by atoms with Gasteiger partial charge in [-0.2, -0.15) is 0 Å². The molecule has 0 bridgehead atoms. The van der Waals surface area contributed by atoms with E-state index in [1.165, 1.54) is 5.56 Å². The number of piperidine rings is 1. The van der Waals surface area contributed by atoms with Crippen LogP contribution < -0.4 is 0 Å². The van der Waals surface area contributed by atoms with Crippen LogP contribution in [0.4, 0.5) is 4.79 Å². The van der Waals surface area contributed by atoms with Gasteiger partial charge in [0.15, 0.2) is 0 Å². The molecule has 1 saturated heterocycles. The van der Waals surface area contributed by atoms with Crippen molar-refractivity contribution in [1.29, 1.82) is 0 Å². The lowest BCUT2D eigenvalue weighted by atomic mass is 9.81. The molecule has 1 aliphatic carbocycles. The molecule has 1 aliphatic heterocycles. The third kappa shape index (κ3) is 3.40. The number of likely N-dealkylation sites (N-methyl/N-ethyl adjacent to an activating group) is 1. The fraction of sp³-hybridized carbons (Fsp3) is 0.579. The van der Waals surface area contributed by atoms with Crippen molar-refractivity contribution >= 4 is 12.0 Å². The van der Waals surface area contributed by atoms with E-state index in [0.717, 1.165) is 32.1 Å². The Morgan fingerprint density at radius 1 is 1.21 bits per heavy atom. The molecule has 0 unspecified atom stereocenters. The molecule has 1 N–H and O–H groups in total. The van der Waals surface area contributed by atoms with E-state index in [-0.39, 0.29) is 11.9 Å². The van der Waals surface area contributed by atoms with Gasteiger partial charge in [-0.1, -0.05) is 30.3 Å². The van der Waals surface area contributed by atoms with E-state index in [9.17, 15) is 14.7 Å². The van der Waals surface area contributed by atoms with Gasteiger partial charge in [0, 0.05) is 26.7 Å². The van der Waals surface area contributed by atoms with E-state index in [0.29, 0.717) is 19.6 Å². The van der Waals surface area contributed by atoms with Crippen LogP contribution in [0.3, 0.4) is 0 Å². The summed E-state index contributed by atoms with van der Waals surface area (Å²) in [6, 6.07) is 10.2. The predicted octanol–water partition coefficient (Wildman–Crippen LogP) is 2.86. The van der Waals surface area contributed by atoms with Crippen LogP contribution in [0.2, 0.25) is 0 Å². The minimum Gasteiger partial charge on any atom is -0.481 e. The molecule has 2 aliphatic rings. The topological polar surface area (TPSA) is 60.9 Å². The Labute approximate surface area is 143 Å². The van der Waals surface area contributed by atoms with Crippen LogP contribution in [-0.4, -0.2) is 53.6 Å². The minimum absolute atomic E-state index is 0.0598. The number of carbonyl (C=O) groups is 2. The number of benzene rings is 1. The summed E-state index contributed by atoms with van der Waals surface area (Å²) in [5.41, 5.74) is 0.752. The van der Waals surface area contributed by atoms with Gasteiger partial charge in [0.1, 0.15) is 0 Å². The Morgan fingerprint density at radius 3 is 2.38 bits per heavy atom. The van der Waals surface area contributed by atoms with Crippen molar-refractivity contribution in [3.63, 3.8) is 0 Å². The highest BCUT2D eigenvalue weighted by molar-refractivity contribution is 5.78. The fourth-order valence-electron chi connectivity index (χ4n) is 3.83. The predicted molar refractivity (Wildman–Crippen MR) is 91.8 cm³/mol. The number of urea groups is 1. The number of carboxylic acid groups (broad SMARTS) is 1. The largest absolute Gasteiger partial charge is 0.481 e. The normalized spacial score (nSPS) is 19.8. The summed E-state index contributed by atoms with van der Waals surface area (Å²) in [6.07, 6.45) is 4.08. The molecule has 0 atom stereocenters. The Balaban J connectivity index is 1.47. The van der Waals surface area contributed by atoms with Gasteiger partial charge < -0.3 is 14.9 Å². The van der Waals surface area contributed by atoms with Gasteiger partial charge >= 0.3 is 12.0 Å². The summed E-state index contributed by atoms with van der Waals surface area (Å²) in [4.78, 5) is 27.6. The zero-order valence-corrected chi connectivity index (χ0v) is 14.3. The highest BCUT2D eigenvalue weighted by Gasteiger charge is 2.56. The first-order valence-corrected chi connectivity index (χ1v) is 8.80. The zero-order chi connectivity index (χ0) is 17.2. The molecule has 1 aromatic rings. The lowest BCUT2D eigenvalue weighted by Crippen LogP contribution is -2.47. The molecule has 5 heteroatoms. The van der Waals surface area contributed by atoms with Crippen molar-refractivity contribution in [1.82, 2.24) is 9.80 Å². The molecule has 2 amide bonds. The summed E-state index contributed by atoms with van der Waals surface area (Å²) in [5.74, 6) is -0.416. The van der Waals surface area contributed by atoms with Crippen LogP contribution in [0, 0.1) is 11.3 Å². The molecule has 0 spiro atoms. The van der Waals surface area contributed by atoms with Crippen LogP contribution in [0.5, 0.6) is 0 Å². The maximum atomic E-state index is 12.6. The van der Waals surface area contributed by atoms with Gasteiger partial charge in [-0.3, -0.25) is 4.79 Å². The van der Waals surface area contributed by atoms with Gasteiger partial charge in [0.25, 0.3) is 0 Å². The average Bonchev–Trinajstić information content (AvgIpc) is 3.42. The van der Waals surface area contributed by atoms with Gasteiger partial charge in [-0.25, -0.2) is 4.79 Å². The highest BCUT2D eigenvalue weighted by Crippen LogP contribution is 2.55. The van der Waals surface area contributed by atoms with Crippen molar-refractivity contribution in [2.45, 2.75) is 32.1 Å². The summed E-state index contributed by atoms with van der Waals surface area (Å²) in [5, 5.41) is 9.41. The number of hydrogen-bond donors (Lipinski definition) is 1. The maximum Gasteiger partial charge on any atom is 0.319 e. The Kier molecular flexibility index (Phi) is 4.78. The standard InChI is InChI=1S/C19H26N2O3/c1-20(12-7-15-5-3-2-4-6-15)18(24)21-13-8-16(9-14-21)19(10-11-19)17(22)23/h2-6,16H,7-14H2,1H3,(H,22,23). The third-order valence-corrected chi connectivity index (χ3v) is 5.67. The first kappa shape index (κ1) is 16.8. The monoisotopic (exact) mass is 330 g/mol. The van der Waals surface area contributed by atoms with Gasteiger partial charge in [-0.05, 0) is 43.6 Å². The number of rotatable bonds is 5. The van der Waals surface area contributed by atoms with E-state index in [4.69, 9.17) is 0 Å². The first-order chi connectivity index (χ1) is 11.5. The first-order valence-electron chi connectivity index (χ1n) is 8.80. The minimum atomic E-state index is -0.646. The fourth-order valence-corrected chi connectivity index (χ4v) is 3.83. The van der Waals surface area contributed by atoms with Gasteiger partial charge in [0.05, 0.1) is 5.41 Å². The highest BCUT2D eigenvalue weighted by atomic mass is 16.4. The van der Waals surface area contributed by atoms with Crippen LogP contribution in [-0.2, 0) is 11.2 Å². The Morgan fingerprint density at radius 2 is 1.83 bits per heavy atom. The number of likely N-dealkylation sites (tertiary alicyclic amines) is 1. The lowest BCUT2D eigenvalue weighted by Gasteiger charge is -2.36. The SMILES string of the molecule is CN(CCc1ccccc1)C(=O)N1CCC(C2(C(=O)O)CC2)CC1. The van der Waals surface area contributed by atoms with Gasteiger partial charge in [-0.15, -0.1) is 0 Å². The summed E-state index contributed by atoms with van der Waals surface area (Å²) in [7, 11) is 1.84. The molecule has 1 saturated carbocycles. The van der Waals surface area contributed by atoms with E-state index in [2.05, 4.69) is 12.1 Å². The summed E-state index contributed by atoms with van der Waals surface area (Å²) in [6.45, 7) is 2.05. The number of carboxylic acids is 1. The van der Waals surface area contributed by atoms with Crippen LogP contribution >= 0.6 is 0 Å². The number of aliphatic carboxylic acids is 1. The molecule has 1 heterocycles. The Bertz CT molecular complexity index is 590. The average molecular weight is 330 g/mol. The second-order valence-corrected chi connectivity index (χ2v) is 7.16. The lowest BCUT2D eigenvalue weighted by molar-refractivity contribution is -0.146. The van der Waals surface area contributed by atoms with Crippen molar-refractivity contribution in [3.8, 4) is 0 Å². The molecule has 0 aromatic heterocycles. The second kappa shape index (κ2) is 6.83. The van der Waals surface area contributed by atoms with Crippen LogP contribution in [0.1, 0.15) is 31.2 Å². The summed E-state index contributed by atoms with van der Waals surface area (Å²) < 4.78 is 0. The second-order valence-electron chi connectivity index (χ2n) is 7.16. The molecule has 130 valence electrons. The van der Waals surface area contributed by atoms with E-state index in [1.807, 2.05) is 30.1 Å². The number of carbonyl (C=O) groups excluding carboxylic acids is 1. The quantitative estimate of drug-likeness (QED) is 0.903. The molecular formula is C19H26N2O3. The molecule has 2 fully saturated rings. The van der Waals surface area contributed by atoms with Crippen molar-refractivity contribution < 1.29 is 14.7 Å². The molecule has 1 aromatic carbocycles. The molecule has 5 nitrogen and oxygen atoms in total. The Hall–Kier alpha value is -2.04. The van der Waals surface area contributed by atoms with Crippen molar-refractivity contribution in [2.75, 3.05) is 26.7 Å². The van der Waals surface area contributed by atoms with Gasteiger partial charge in [0.2, 0.25) is 0 Å². The molecule has 0 radical (unpaired) electrons. The van der Waals surface area contributed by atoms with Crippen LogP contribution in [0.25, 0.3) is 0 Å². The van der Waals surface area contributed by atoms with E-state index >= 15 is 0 Å². The molecule has 24 heavy (non-hydrogen) atoms. The molecular weight excluding hydrogens is 304 g/mol. The van der Waals surface area contributed by atoms with E-state index < -0.39 is 11.4 Å². The smallest absolute Gasteiger partial charge is 0.319 e. The summed E-state index contributed by atoms with van der Waals surface area (Å²) >= 11 is 0. The maximum absolute atomic E-state index is 12.6. The molecule has 3 rings (SSSR count). The number of nitrogens with zero attached hydrogens (tertiary/aromatic N) is 2. The zero-order valence-electron chi connectivity index (χ0n) is 14.3. The third-order valence-electron chi connectivity index (χ3n) is 5.67. The van der Waals surface area contributed by atoms with Crippen molar-refractivity contribution in [3.05, 3.63) is 35.9 Å². The van der Waals surface area contributed by atoms with Crippen molar-refractivity contribution in [2.24, 2.45) is 11.3 Å².